The molecule has 7 nitrogen and oxygen atoms in total. The van der Waals surface area contributed by atoms with Crippen molar-refractivity contribution in [3.63, 3.8) is 0 Å². The first-order valence-corrected chi connectivity index (χ1v) is 11.2. The molecule has 0 spiro atoms. The summed E-state index contributed by atoms with van der Waals surface area (Å²) in [5.41, 5.74) is 2.33. The van der Waals surface area contributed by atoms with Crippen molar-refractivity contribution >= 4 is 34.6 Å². The van der Waals surface area contributed by atoms with Crippen LogP contribution in [0, 0.1) is 5.92 Å². The van der Waals surface area contributed by atoms with Crippen molar-refractivity contribution < 1.29 is 9.59 Å². The van der Waals surface area contributed by atoms with E-state index in [1.54, 1.807) is 4.90 Å². The van der Waals surface area contributed by atoms with Crippen LogP contribution >= 0.6 is 11.7 Å². The Kier molecular flexibility index (Phi) is 6.10. The molecule has 0 radical (unpaired) electrons. The molecule has 2 aliphatic heterocycles. The van der Waals surface area contributed by atoms with Gasteiger partial charge in [-0.25, -0.2) is 0 Å². The summed E-state index contributed by atoms with van der Waals surface area (Å²) in [5, 5.41) is 0. The summed E-state index contributed by atoms with van der Waals surface area (Å²) in [5.74, 6) is 0.817. The fourth-order valence-electron chi connectivity index (χ4n) is 4.65. The highest BCUT2D eigenvalue weighted by Crippen LogP contribution is 2.31. The second kappa shape index (κ2) is 8.75. The third kappa shape index (κ3) is 4.43. The average Bonchev–Trinajstić information content (AvgIpc) is 3.21. The predicted molar refractivity (Wildman–Crippen MR) is 114 cm³/mol. The number of carbonyl (C=O) groups is 2. The van der Waals surface area contributed by atoms with Gasteiger partial charge in [0.15, 0.2) is 0 Å². The third-order valence-corrected chi connectivity index (χ3v) is 6.93. The van der Waals surface area contributed by atoms with Crippen molar-refractivity contribution in [2.45, 2.75) is 38.1 Å². The van der Waals surface area contributed by atoms with Crippen LogP contribution in [-0.4, -0.2) is 81.6 Å². The zero-order valence-corrected chi connectivity index (χ0v) is 18.0. The normalized spacial score (nSPS) is 21.4. The summed E-state index contributed by atoms with van der Waals surface area (Å²) in [6, 6.07) is 6.04. The van der Waals surface area contributed by atoms with Crippen LogP contribution in [0.15, 0.2) is 18.2 Å². The molecule has 2 amide bonds. The molecule has 1 atom stereocenters. The lowest BCUT2D eigenvalue weighted by Crippen LogP contribution is -2.51. The summed E-state index contributed by atoms with van der Waals surface area (Å²) in [6.45, 7) is 3.08. The van der Waals surface area contributed by atoms with Gasteiger partial charge >= 0.3 is 0 Å². The minimum Gasteiger partial charge on any atom is -0.348 e. The van der Waals surface area contributed by atoms with Gasteiger partial charge in [0.05, 0.1) is 18.3 Å². The predicted octanol–water partition coefficient (Wildman–Crippen LogP) is 2.49. The van der Waals surface area contributed by atoms with Crippen LogP contribution < -0.4 is 0 Å². The Labute approximate surface area is 176 Å². The molecule has 2 aliphatic rings. The van der Waals surface area contributed by atoms with Crippen LogP contribution in [0.1, 0.15) is 42.5 Å². The highest BCUT2D eigenvalue weighted by molar-refractivity contribution is 7.00. The maximum atomic E-state index is 13.0. The van der Waals surface area contributed by atoms with E-state index in [2.05, 4.69) is 13.6 Å². The number of nitrogens with zero attached hydrogens (tertiary/aromatic N) is 5. The van der Waals surface area contributed by atoms with E-state index in [0.29, 0.717) is 24.1 Å². The monoisotopic (exact) mass is 415 g/mol. The molecule has 156 valence electrons. The van der Waals surface area contributed by atoms with Crippen molar-refractivity contribution in [1.82, 2.24) is 23.4 Å². The number of likely N-dealkylation sites (tertiary alicyclic amines) is 2. The summed E-state index contributed by atoms with van der Waals surface area (Å²) in [7, 11) is 3.65. The number of fused-ring (bicyclic) bond motifs is 1. The minimum absolute atomic E-state index is 0.0848. The van der Waals surface area contributed by atoms with Crippen LogP contribution in [0.5, 0.6) is 0 Å². The molecular formula is C21H29N5O2S. The lowest BCUT2D eigenvalue weighted by atomic mass is 9.83. The van der Waals surface area contributed by atoms with Gasteiger partial charge in [-0.15, -0.1) is 0 Å². The largest absolute Gasteiger partial charge is 0.348 e. The Balaban J connectivity index is 1.37. The van der Waals surface area contributed by atoms with Crippen molar-refractivity contribution in [3.05, 3.63) is 23.8 Å². The quantitative estimate of drug-likeness (QED) is 0.767. The number of likely N-dealkylation sites (N-methyl/N-ethyl adjacent to an activating group) is 1. The Morgan fingerprint density at radius 2 is 1.83 bits per heavy atom. The Bertz CT molecular complexity index is 875. The highest BCUT2D eigenvalue weighted by Gasteiger charge is 2.34. The first kappa shape index (κ1) is 20.2. The lowest BCUT2D eigenvalue weighted by Gasteiger charge is -2.43. The number of hydrogen-bond acceptors (Lipinski definition) is 6. The number of benzene rings is 1. The third-order valence-electron chi connectivity index (χ3n) is 6.37. The molecule has 2 aromatic rings. The molecule has 0 unspecified atom stereocenters. The molecule has 3 heterocycles. The highest BCUT2D eigenvalue weighted by atomic mass is 32.1. The maximum absolute atomic E-state index is 13.0. The fraction of sp³-hybridized carbons (Fsp3) is 0.619. The number of amides is 2. The van der Waals surface area contributed by atoms with E-state index in [0.717, 1.165) is 49.9 Å². The molecule has 29 heavy (non-hydrogen) atoms. The van der Waals surface area contributed by atoms with E-state index < -0.39 is 0 Å². The van der Waals surface area contributed by atoms with Crippen molar-refractivity contribution in [2.24, 2.45) is 5.92 Å². The molecule has 1 aromatic heterocycles. The molecule has 0 saturated carbocycles. The van der Waals surface area contributed by atoms with Gasteiger partial charge in [-0.1, -0.05) is 6.42 Å². The molecule has 0 N–H and O–H groups in total. The van der Waals surface area contributed by atoms with E-state index in [1.807, 2.05) is 37.2 Å². The van der Waals surface area contributed by atoms with Gasteiger partial charge in [0, 0.05) is 38.8 Å². The second-order valence-corrected chi connectivity index (χ2v) is 8.95. The Hall–Kier alpha value is -2.06. The standard InChI is InChI=1S/C21H29N5O2S/c1-24(2)20(27)14-26-10-4-3-5-19(26)15-8-11-25(12-9-15)21(28)16-6-7-17-18(13-16)23-29-22-17/h6-7,13,15,19H,3-5,8-12,14H2,1-2H3/t19-/m1/s1. The zero-order chi connectivity index (χ0) is 20.4. The van der Waals surface area contributed by atoms with Gasteiger partial charge in [-0.3, -0.25) is 14.5 Å². The number of piperidine rings is 2. The first-order chi connectivity index (χ1) is 14.0. The molecule has 2 saturated heterocycles. The summed E-state index contributed by atoms with van der Waals surface area (Å²) in [4.78, 5) is 31.2. The maximum Gasteiger partial charge on any atom is 0.253 e. The zero-order valence-electron chi connectivity index (χ0n) is 17.2. The summed E-state index contributed by atoms with van der Waals surface area (Å²) < 4.78 is 8.45. The summed E-state index contributed by atoms with van der Waals surface area (Å²) >= 11 is 1.17. The van der Waals surface area contributed by atoms with Gasteiger partial charge in [0.25, 0.3) is 5.91 Å². The molecule has 0 aliphatic carbocycles. The van der Waals surface area contributed by atoms with Crippen molar-refractivity contribution in [1.29, 1.82) is 0 Å². The SMILES string of the molecule is CN(C)C(=O)CN1CCCC[C@@H]1C1CCN(C(=O)c2ccc3nsnc3c2)CC1. The molecule has 8 heteroatoms. The van der Waals surface area contributed by atoms with Gasteiger partial charge in [-0.2, -0.15) is 8.75 Å². The number of rotatable bonds is 4. The average molecular weight is 416 g/mol. The van der Waals surface area contributed by atoms with Crippen molar-refractivity contribution in [3.8, 4) is 0 Å². The van der Waals surface area contributed by atoms with E-state index in [1.165, 1.54) is 24.6 Å². The van der Waals surface area contributed by atoms with E-state index in [4.69, 9.17) is 0 Å². The Morgan fingerprint density at radius 3 is 2.59 bits per heavy atom. The molecule has 2 fully saturated rings. The number of hydrogen-bond donors (Lipinski definition) is 0. The van der Waals surface area contributed by atoms with E-state index >= 15 is 0 Å². The van der Waals surface area contributed by atoms with Crippen LogP contribution in [0.2, 0.25) is 0 Å². The fourth-order valence-corrected chi connectivity index (χ4v) is 5.16. The minimum atomic E-state index is 0.0848. The smallest absolute Gasteiger partial charge is 0.253 e. The van der Waals surface area contributed by atoms with Gasteiger partial charge < -0.3 is 9.80 Å². The van der Waals surface area contributed by atoms with Crippen molar-refractivity contribution in [2.75, 3.05) is 40.3 Å². The molecule has 4 rings (SSSR count). The number of carbonyl (C=O) groups excluding carboxylic acids is 2. The second-order valence-electron chi connectivity index (χ2n) is 8.42. The van der Waals surface area contributed by atoms with Crippen LogP contribution in [0.4, 0.5) is 0 Å². The van der Waals surface area contributed by atoms with Crippen LogP contribution in [0.25, 0.3) is 11.0 Å². The number of aromatic nitrogens is 2. The van der Waals surface area contributed by atoms with Gasteiger partial charge in [0.1, 0.15) is 11.0 Å². The molecule has 0 bridgehead atoms. The molecule has 1 aromatic carbocycles. The van der Waals surface area contributed by atoms with Crippen LogP contribution in [-0.2, 0) is 4.79 Å². The summed E-state index contributed by atoms with van der Waals surface area (Å²) in [6.07, 6.45) is 5.57. The lowest BCUT2D eigenvalue weighted by molar-refractivity contribution is -0.131. The molecular weight excluding hydrogens is 386 g/mol. The topological polar surface area (TPSA) is 69.6 Å². The van der Waals surface area contributed by atoms with Gasteiger partial charge in [-0.05, 0) is 56.3 Å². The van der Waals surface area contributed by atoms with Crippen LogP contribution in [0.3, 0.4) is 0 Å². The van der Waals surface area contributed by atoms with E-state index in [9.17, 15) is 9.59 Å². The van der Waals surface area contributed by atoms with E-state index in [-0.39, 0.29) is 11.8 Å². The Morgan fingerprint density at radius 1 is 1.07 bits per heavy atom. The van der Waals surface area contributed by atoms with Gasteiger partial charge in [0.2, 0.25) is 5.91 Å². The first-order valence-electron chi connectivity index (χ1n) is 10.5.